The monoisotopic (exact) mass is 401 g/mol. The molecular weight excluding hydrogens is 374 g/mol. The summed E-state index contributed by atoms with van der Waals surface area (Å²) in [5.41, 5.74) is 5.43. The molecular formula is C23H28ClNO3. The van der Waals surface area contributed by atoms with Gasteiger partial charge in [-0.25, -0.2) is 0 Å². The minimum absolute atomic E-state index is 0.346. The van der Waals surface area contributed by atoms with Gasteiger partial charge in [-0.15, -0.1) is 0 Å². The Kier molecular flexibility index (Phi) is 8.42. The van der Waals surface area contributed by atoms with Gasteiger partial charge >= 0.3 is 0 Å². The molecule has 0 spiro atoms. The van der Waals surface area contributed by atoms with Crippen molar-refractivity contribution in [3.05, 3.63) is 77.1 Å². The van der Waals surface area contributed by atoms with E-state index in [9.17, 15) is 0 Å². The van der Waals surface area contributed by atoms with Crippen molar-refractivity contribution in [3.63, 3.8) is 0 Å². The third kappa shape index (κ3) is 4.34. The predicted molar refractivity (Wildman–Crippen MR) is 116 cm³/mol. The summed E-state index contributed by atoms with van der Waals surface area (Å²) in [6.07, 6.45) is 7.62. The van der Waals surface area contributed by atoms with Crippen LogP contribution in [-0.4, -0.2) is 18.8 Å². The van der Waals surface area contributed by atoms with E-state index in [1.165, 1.54) is 5.54 Å². The molecule has 1 aromatic carbocycles. The largest absolute Gasteiger partial charge is 0.493 e. The molecule has 0 amide bonds. The lowest BCUT2D eigenvalue weighted by molar-refractivity contribution is 0.0650. The molecule has 5 heteroatoms. The molecule has 1 atom stereocenters. The first kappa shape index (κ1) is 21.9. The van der Waals surface area contributed by atoms with Crippen molar-refractivity contribution in [1.29, 1.82) is 0 Å². The van der Waals surface area contributed by atoms with Crippen LogP contribution in [0, 0.1) is 0 Å². The first-order valence-electron chi connectivity index (χ1n) is 9.37. The summed E-state index contributed by atoms with van der Waals surface area (Å²) >= 11 is 5.98. The maximum atomic E-state index is 6.30. The first-order valence-corrected chi connectivity index (χ1v) is 9.81. The Morgan fingerprint density at radius 1 is 1.11 bits per heavy atom. The third-order valence-corrected chi connectivity index (χ3v) is 4.48. The maximum absolute atomic E-state index is 6.30. The van der Waals surface area contributed by atoms with Gasteiger partial charge in [0.05, 0.1) is 26.5 Å². The van der Waals surface area contributed by atoms with Gasteiger partial charge in [0.2, 0.25) is 0 Å². The minimum Gasteiger partial charge on any atom is -0.493 e. The first-order chi connectivity index (χ1) is 13.7. The van der Waals surface area contributed by atoms with Crippen molar-refractivity contribution in [2.24, 2.45) is 0 Å². The van der Waals surface area contributed by atoms with E-state index in [2.05, 4.69) is 16.7 Å². The van der Waals surface area contributed by atoms with Gasteiger partial charge in [0.1, 0.15) is 6.10 Å². The van der Waals surface area contributed by atoms with Gasteiger partial charge in [0.25, 0.3) is 0 Å². The van der Waals surface area contributed by atoms with Crippen molar-refractivity contribution in [1.82, 2.24) is 4.57 Å². The number of benzene rings is 1. The molecule has 0 bridgehead atoms. The van der Waals surface area contributed by atoms with Crippen molar-refractivity contribution in [2.45, 2.75) is 33.5 Å². The second-order valence-electron chi connectivity index (χ2n) is 5.78. The summed E-state index contributed by atoms with van der Waals surface area (Å²) in [5, 5.41) is 0. The van der Waals surface area contributed by atoms with Crippen LogP contribution in [0.5, 0.6) is 11.5 Å². The van der Waals surface area contributed by atoms with Gasteiger partial charge in [-0.05, 0) is 37.3 Å². The number of allylic oxidation sites excluding steroid dienone is 3. The Labute approximate surface area is 172 Å². The van der Waals surface area contributed by atoms with E-state index in [0.717, 1.165) is 22.5 Å². The lowest BCUT2D eigenvalue weighted by Crippen LogP contribution is -2.08. The summed E-state index contributed by atoms with van der Waals surface area (Å²) in [5.74, 6) is 1.33. The number of hydrogen-bond acceptors (Lipinski definition) is 3. The van der Waals surface area contributed by atoms with Gasteiger partial charge in [-0.1, -0.05) is 43.7 Å². The number of nitrogens with zero attached hydrogens (tertiary/aromatic N) is 1. The predicted octanol–water partition coefficient (Wildman–Crippen LogP) is 6.34. The maximum Gasteiger partial charge on any atom is 0.166 e. The molecule has 0 saturated heterocycles. The molecule has 1 aromatic heterocycles. The van der Waals surface area contributed by atoms with Crippen LogP contribution >= 0.6 is 11.6 Å². The number of methoxy groups -OCH3 is 2. The van der Waals surface area contributed by atoms with E-state index >= 15 is 0 Å². The fourth-order valence-electron chi connectivity index (χ4n) is 3.25. The lowest BCUT2D eigenvalue weighted by Gasteiger charge is -2.22. The molecule has 1 aliphatic rings. The lowest BCUT2D eigenvalue weighted by atomic mass is 9.97. The highest BCUT2D eigenvalue weighted by molar-refractivity contribution is 6.25. The summed E-state index contributed by atoms with van der Waals surface area (Å²) in [7, 11) is 3.26. The SMILES string of the molecule is CC.C\C=C/C1=C(\C=C\Cl)C(c2cccc(OC)c2OC)OCc2cccn21. The van der Waals surface area contributed by atoms with Crippen molar-refractivity contribution < 1.29 is 14.2 Å². The molecule has 2 aromatic rings. The van der Waals surface area contributed by atoms with Gasteiger partial charge in [-0.3, -0.25) is 0 Å². The zero-order chi connectivity index (χ0) is 20.5. The molecule has 150 valence electrons. The van der Waals surface area contributed by atoms with Crippen LogP contribution in [0.2, 0.25) is 0 Å². The Morgan fingerprint density at radius 3 is 2.54 bits per heavy atom. The number of para-hydroxylation sites is 1. The van der Waals surface area contributed by atoms with Crippen molar-refractivity contribution in [3.8, 4) is 11.5 Å². The zero-order valence-electron chi connectivity index (χ0n) is 17.1. The highest BCUT2D eigenvalue weighted by atomic mass is 35.5. The number of fused-ring (bicyclic) bond motifs is 1. The van der Waals surface area contributed by atoms with Gasteiger partial charge in [0.15, 0.2) is 11.5 Å². The summed E-state index contributed by atoms with van der Waals surface area (Å²) in [6.45, 7) is 6.46. The number of halogens is 1. The topological polar surface area (TPSA) is 32.6 Å². The van der Waals surface area contributed by atoms with Crippen LogP contribution < -0.4 is 9.47 Å². The molecule has 0 fully saturated rings. The fraction of sp³-hybridized carbons (Fsp3) is 0.304. The summed E-state index contributed by atoms with van der Waals surface area (Å²) < 4.78 is 19.5. The van der Waals surface area contributed by atoms with Gasteiger partial charge in [-0.2, -0.15) is 0 Å². The number of aromatic nitrogens is 1. The zero-order valence-corrected chi connectivity index (χ0v) is 17.9. The average molecular weight is 402 g/mol. The van der Waals surface area contributed by atoms with Crippen LogP contribution in [0.25, 0.3) is 5.70 Å². The highest BCUT2D eigenvalue weighted by Gasteiger charge is 2.28. The second kappa shape index (κ2) is 10.8. The van der Waals surface area contributed by atoms with Crippen molar-refractivity contribution >= 4 is 17.3 Å². The number of hydrogen-bond donors (Lipinski definition) is 0. The van der Waals surface area contributed by atoms with E-state index < -0.39 is 0 Å². The molecule has 1 unspecified atom stereocenters. The van der Waals surface area contributed by atoms with Gasteiger partial charge < -0.3 is 18.8 Å². The summed E-state index contributed by atoms with van der Waals surface area (Å²) in [6, 6.07) is 9.86. The number of rotatable bonds is 5. The molecule has 4 nitrogen and oxygen atoms in total. The van der Waals surface area contributed by atoms with Crippen molar-refractivity contribution in [2.75, 3.05) is 14.2 Å². The quantitative estimate of drug-likeness (QED) is 0.585. The Balaban J connectivity index is 0.00000136. The van der Waals surface area contributed by atoms with Crippen LogP contribution in [0.15, 0.2) is 65.9 Å². The van der Waals surface area contributed by atoms with Crippen LogP contribution in [-0.2, 0) is 11.3 Å². The summed E-state index contributed by atoms with van der Waals surface area (Å²) in [4.78, 5) is 0. The smallest absolute Gasteiger partial charge is 0.166 e. The Bertz CT molecular complexity index is 864. The van der Waals surface area contributed by atoms with Gasteiger partial charge in [0, 0.05) is 28.6 Å². The number of ether oxygens (including phenoxy) is 3. The third-order valence-electron chi connectivity index (χ3n) is 4.35. The molecule has 28 heavy (non-hydrogen) atoms. The fourth-order valence-corrected chi connectivity index (χ4v) is 3.39. The molecule has 3 rings (SSSR count). The van der Waals surface area contributed by atoms with Crippen LogP contribution in [0.1, 0.15) is 38.1 Å². The molecule has 0 N–H and O–H groups in total. The minimum atomic E-state index is -0.346. The van der Waals surface area contributed by atoms with E-state index in [1.807, 2.05) is 63.4 Å². The van der Waals surface area contributed by atoms with Crippen LogP contribution in [0.3, 0.4) is 0 Å². The highest BCUT2D eigenvalue weighted by Crippen LogP contribution is 2.43. The van der Waals surface area contributed by atoms with Crippen LogP contribution in [0.4, 0.5) is 0 Å². The Hall–Kier alpha value is -2.43. The van der Waals surface area contributed by atoms with E-state index in [0.29, 0.717) is 18.1 Å². The van der Waals surface area contributed by atoms with E-state index in [-0.39, 0.29) is 6.10 Å². The van der Waals surface area contributed by atoms with E-state index in [4.69, 9.17) is 25.8 Å². The average Bonchev–Trinajstić information content (AvgIpc) is 3.15. The molecule has 1 aliphatic heterocycles. The second-order valence-corrected chi connectivity index (χ2v) is 6.03. The molecule has 0 radical (unpaired) electrons. The molecule has 0 saturated carbocycles. The standard InChI is InChI=1S/C21H22ClNO3.C2H6/c1-4-7-18-16(11-12-22)20(26-14-15-8-6-13-23(15)18)17-9-5-10-19(24-2)21(17)25-3;1-2/h4-13,20H,14H2,1-3H3;1-2H3/b7-4-,12-11+;. The normalized spacial score (nSPS) is 16.6. The molecule has 2 heterocycles. The Morgan fingerprint density at radius 2 is 1.89 bits per heavy atom. The van der Waals surface area contributed by atoms with E-state index in [1.54, 1.807) is 14.2 Å². The molecule has 0 aliphatic carbocycles.